The number of rotatable bonds is 27. The largest absolute Gasteiger partial charge is 0.481 e. The van der Waals surface area contributed by atoms with E-state index in [9.17, 15) is 123 Å². The summed E-state index contributed by atoms with van der Waals surface area (Å²) in [7, 11) is -18.8. The third kappa shape index (κ3) is 19.8. The van der Waals surface area contributed by atoms with Crippen molar-refractivity contribution in [2.75, 3.05) is 26.3 Å². The van der Waals surface area contributed by atoms with Gasteiger partial charge in [-0.15, -0.1) is 0 Å². The summed E-state index contributed by atoms with van der Waals surface area (Å²) in [5.41, 5.74) is 0. The zero-order chi connectivity index (χ0) is 72.4. The number of nitrogens with one attached hydrogen (secondary N) is 12. The van der Waals surface area contributed by atoms with Crippen molar-refractivity contribution in [3.8, 4) is 0 Å². The van der Waals surface area contributed by atoms with Crippen molar-refractivity contribution in [1.29, 1.82) is 0 Å². The summed E-state index contributed by atoms with van der Waals surface area (Å²) in [6.45, 7) is -0.633. The lowest BCUT2D eigenvalue weighted by Gasteiger charge is -2.53. The number of aliphatic hydroxyl groups excluding tert-OH is 4. The monoisotopic (exact) mass is 1500 g/mol. The molecule has 2 saturated heterocycles. The van der Waals surface area contributed by atoms with Gasteiger partial charge >= 0.3 is 29.8 Å². The molecule has 0 aromatic rings. The topological polar surface area (TPSA) is 691 Å². The van der Waals surface area contributed by atoms with Crippen LogP contribution in [0.3, 0.4) is 0 Å². The molecule has 29 N–H and O–H groups in total. The first-order chi connectivity index (χ1) is 46.4. The van der Waals surface area contributed by atoms with Crippen LogP contribution in [0.4, 0.5) is 0 Å². The number of hydrogen-bond donors (Lipinski definition) is 29. The van der Waals surface area contributed by atoms with Gasteiger partial charge in [-0.1, -0.05) is 0 Å². The number of azo groups is 2. The number of carboxylic acid groups (broad SMARTS) is 5. The van der Waals surface area contributed by atoms with Crippen molar-refractivity contribution in [1.82, 2.24) is 63.8 Å². The fraction of sp³-hybridized carbons (Fsp3) is 0.906. The maximum Gasteiger partial charge on any atom is 0.308 e. The van der Waals surface area contributed by atoms with Gasteiger partial charge < -0.3 is 73.3 Å². The Bertz CT molecular complexity index is 3120. The van der Waals surface area contributed by atoms with E-state index in [2.05, 4.69) is 84.3 Å². The molecule has 7 aliphatic carbocycles. The normalized spacial score (nSPS) is 42.4. The van der Waals surface area contributed by atoms with Crippen molar-refractivity contribution < 1.29 is 123 Å². The van der Waals surface area contributed by atoms with Gasteiger partial charge in [-0.2, -0.15) is 37.3 Å². The summed E-state index contributed by atoms with van der Waals surface area (Å²) in [5, 5.41) is 143. The molecule has 0 radical (unpaired) electrons. The predicted octanol–water partition coefficient (Wildman–Crippen LogP) is -4.04. The third-order valence-corrected chi connectivity index (χ3v) is 26.5. The minimum Gasteiger partial charge on any atom is -0.481 e. The highest BCUT2D eigenvalue weighted by Crippen LogP contribution is 2.56. The minimum absolute atomic E-state index is 0.0119. The fourth-order valence-corrected chi connectivity index (χ4v) is 20.9. The van der Waals surface area contributed by atoms with Crippen molar-refractivity contribution >= 4 is 71.8 Å². The highest BCUT2D eigenvalue weighted by Gasteiger charge is 2.59. The van der Waals surface area contributed by atoms with Gasteiger partial charge in [0, 0.05) is 49.1 Å². The lowest BCUT2D eigenvalue weighted by Crippen LogP contribution is -2.80. The average Bonchev–Trinajstić information content (AvgIpc) is 0.752. The number of aliphatic carboxylic acids is 5. The van der Waals surface area contributed by atoms with Gasteiger partial charge in [-0.05, 0) is 108 Å². The van der Waals surface area contributed by atoms with Gasteiger partial charge in [-0.25, -0.2) is 0 Å². The van der Waals surface area contributed by atoms with Crippen LogP contribution in [-0.2, 0) is 44.2 Å². The maximum atomic E-state index is 13.3. The zero-order valence-corrected chi connectivity index (χ0v) is 56.6. The van der Waals surface area contributed by atoms with E-state index in [1.54, 1.807) is 0 Å². The van der Waals surface area contributed by atoms with E-state index in [-0.39, 0.29) is 116 Å². The molecule has 46 heteroatoms. The summed E-state index contributed by atoms with van der Waals surface area (Å²) < 4.78 is 137. The molecule has 0 spiro atoms. The van der Waals surface area contributed by atoms with Gasteiger partial charge in [-0.3, -0.25) is 96.9 Å². The molecule has 0 bridgehead atoms. The Labute approximate surface area is 572 Å². The van der Waals surface area contributed by atoms with Crippen LogP contribution in [0.15, 0.2) is 20.5 Å². The first-order valence-electron chi connectivity index (χ1n) is 32.9. The Kier molecular flexibility index (Phi) is 26.5. The predicted molar refractivity (Wildman–Crippen MR) is 344 cm³/mol. The maximum absolute atomic E-state index is 13.3. The molecule has 2 heterocycles. The van der Waals surface area contributed by atoms with Crippen LogP contribution in [0, 0.1) is 53.3 Å². The van der Waals surface area contributed by atoms with Crippen LogP contribution in [0.1, 0.15) is 96.3 Å². The second-order valence-corrected chi connectivity index (χ2v) is 34.4. The van der Waals surface area contributed by atoms with E-state index >= 15 is 0 Å². The molecule has 9 fully saturated rings. The molecule has 9 rings (SSSR count). The number of nitrogens with zero attached hydrogens (tertiary/aromatic N) is 4. The molecule has 0 aromatic carbocycles. The highest BCUT2D eigenvalue weighted by molar-refractivity contribution is 8.20. The highest BCUT2D eigenvalue weighted by atomic mass is 32.3. The molecular formula is C53H96N16O26S4. The van der Waals surface area contributed by atoms with Crippen LogP contribution in [0.5, 0.6) is 0 Å². The lowest BCUT2D eigenvalue weighted by molar-refractivity contribution is -0.155. The van der Waals surface area contributed by atoms with Crippen LogP contribution >= 0.6 is 21.7 Å². The molecule has 99 heavy (non-hydrogen) atoms. The Balaban J connectivity index is 0.891. The quantitative estimate of drug-likeness (QED) is 0.0275. The van der Waals surface area contributed by atoms with Gasteiger partial charge in [0.05, 0.1) is 110 Å². The molecule has 568 valence electrons. The molecule has 0 amide bonds. The fourth-order valence-electron chi connectivity index (χ4n) is 16.8. The van der Waals surface area contributed by atoms with E-state index in [0.29, 0.717) is 6.42 Å². The summed E-state index contributed by atoms with van der Waals surface area (Å²) in [5.74, 6) is -16.7. The Morgan fingerprint density at radius 2 is 0.737 bits per heavy atom. The molecule has 9 aliphatic rings. The van der Waals surface area contributed by atoms with Gasteiger partial charge in [0.2, 0.25) is 0 Å². The summed E-state index contributed by atoms with van der Waals surface area (Å²) >= 11 is 0. The van der Waals surface area contributed by atoms with Crippen molar-refractivity contribution in [3.63, 3.8) is 0 Å². The zero-order valence-electron chi connectivity index (χ0n) is 53.4. The second kappa shape index (κ2) is 33.1. The number of carbonyl (C=O) groups is 5. The summed E-state index contributed by atoms with van der Waals surface area (Å²) in [6.07, 6.45) is -11.2. The van der Waals surface area contributed by atoms with Crippen LogP contribution in [0.25, 0.3) is 0 Å². The Morgan fingerprint density at radius 3 is 1.08 bits per heavy atom. The van der Waals surface area contributed by atoms with E-state index in [1.165, 1.54) is 0 Å². The molecule has 0 aromatic heterocycles. The van der Waals surface area contributed by atoms with Crippen LogP contribution in [0.2, 0.25) is 0 Å². The smallest absolute Gasteiger partial charge is 0.308 e. The van der Waals surface area contributed by atoms with E-state index in [1.807, 2.05) is 0 Å². The van der Waals surface area contributed by atoms with Crippen LogP contribution < -0.4 is 63.8 Å². The molecule has 42 nitrogen and oxygen atoms in total. The summed E-state index contributed by atoms with van der Waals surface area (Å²) in [4.78, 5) is 61.2. The van der Waals surface area contributed by atoms with Crippen molar-refractivity contribution in [2.45, 2.75) is 216 Å². The minimum atomic E-state index is -4.82. The van der Waals surface area contributed by atoms with E-state index in [4.69, 9.17) is 0 Å². The van der Waals surface area contributed by atoms with Crippen molar-refractivity contribution in [2.24, 2.45) is 73.7 Å². The lowest BCUT2D eigenvalue weighted by atomic mass is 9.65. The standard InChI is InChI=1S/C53H96N16O26S4/c70-9-7-54-48-60-50(64-52(62-48)58-33-18-25(96(84,85)86)11-20-13-35(98(90,91)92)39(41(72)37(20)33)68-66-23-1-4-27(43(74)75)29(16-23)45(78)79)56-22-3-6-32(31(15-22)47(82)83)57-51-61-49(55-8-10-71)63-53(65-51)59-34-19-26(97(87,88)89)12-21-14-36(99(93,94)95)40(42(73)38(21)34)69-67-24-2-5-28(44(76)77)30(17-24)46(80)81/h20-42,48-65,70-73,90-95H,1-19H2,(H,74,75)(H,76,77)(H,78,79)(H,80,81)(H,82,83)(H,84,85,86)(H,87,88,89). The summed E-state index contributed by atoms with van der Waals surface area (Å²) in [6, 6.07) is -8.40. The van der Waals surface area contributed by atoms with E-state index in [0.717, 1.165) is 0 Å². The van der Waals surface area contributed by atoms with E-state index < -0.39 is 244 Å². The molecular weight excluding hydrogens is 1400 g/mol. The first kappa shape index (κ1) is 79.3. The number of fused-ring (bicyclic) bond motifs is 2. The van der Waals surface area contributed by atoms with Gasteiger partial charge in [0.1, 0.15) is 49.8 Å². The Morgan fingerprint density at radius 1 is 0.384 bits per heavy atom. The molecule has 7 saturated carbocycles. The Hall–Kier alpha value is -3.81. The van der Waals surface area contributed by atoms with Gasteiger partial charge in [0.15, 0.2) is 0 Å². The van der Waals surface area contributed by atoms with Crippen LogP contribution in [-0.4, -0.2) is 275 Å². The third-order valence-electron chi connectivity index (χ3n) is 21.4. The number of carboxylic acids is 5. The number of aliphatic hydroxyl groups is 4. The average molecular weight is 1500 g/mol. The second-order valence-electron chi connectivity index (χ2n) is 27.6. The molecule has 29 atom stereocenters. The molecule has 2 aliphatic heterocycles. The first-order valence-corrected chi connectivity index (χ1v) is 39.1. The van der Waals surface area contributed by atoms with Crippen molar-refractivity contribution in [3.05, 3.63) is 0 Å². The molecule has 29 unspecified atom stereocenters. The SMILES string of the molecule is O=C(O)C1CC(NC2NC(NCCO)NC(NC3CC(S(=O)(=O)O)CC4CC(S(O)(O)O)C(N=NC5CCC(C(=O)O)C(C(=O)O)C5)C(O)C43)N2)CCC1NC1NC(NCCO)NC(NC2CC(S(=O)(=O)O)CC3CC(S(O)(O)O)C(N=NC4CCC(C(=O)O)C(C(=O)O)C4)C(O)C32)N1. The van der Waals surface area contributed by atoms with Gasteiger partial charge in [0.25, 0.3) is 20.2 Å². The number of hydrogen-bond acceptors (Lipinski definition) is 35.